The van der Waals surface area contributed by atoms with Gasteiger partial charge < -0.3 is 10.6 Å². The number of benzene rings is 1. The Balaban J connectivity index is 2.72. The Morgan fingerprint density at radius 3 is 2.18 bits per heavy atom. The number of carbonyl (C=O) groups is 2. The predicted molar refractivity (Wildman–Crippen MR) is 107 cm³/mol. The van der Waals surface area contributed by atoms with E-state index in [1.54, 1.807) is 26.2 Å². The second kappa shape index (κ2) is 8.55. The SMILES string of the molecule is CC(=O)C(Sc1nc(N)c(C#N)c(-c2ccc(C)cc2)c1C#N)C(=O)N(C)C. The van der Waals surface area contributed by atoms with Crippen LogP contribution < -0.4 is 5.73 Å². The highest BCUT2D eigenvalue weighted by atomic mass is 32.2. The first-order valence-electron chi connectivity index (χ1n) is 8.30. The molecular weight excluding hydrogens is 374 g/mol. The molecule has 0 aliphatic heterocycles. The molecule has 0 bridgehead atoms. The molecule has 0 radical (unpaired) electrons. The van der Waals surface area contributed by atoms with Crippen molar-refractivity contribution < 1.29 is 9.59 Å². The molecule has 142 valence electrons. The first kappa shape index (κ1) is 20.9. The topological polar surface area (TPSA) is 124 Å². The molecule has 0 saturated carbocycles. The van der Waals surface area contributed by atoms with Crippen LogP contribution in [0.4, 0.5) is 5.82 Å². The van der Waals surface area contributed by atoms with Gasteiger partial charge in [0.15, 0.2) is 5.78 Å². The van der Waals surface area contributed by atoms with E-state index in [1.165, 1.54) is 11.8 Å². The third-order valence-electron chi connectivity index (χ3n) is 4.02. The third-order valence-corrected chi connectivity index (χ3v) is 5.31. The summed E-state index contributed by atoms with van der Waals surface area (Å²) in [6, 6.07) is 11.4. The van der Waals surface area contributed by atoms with Gasteiger partial charge in [0.05, 0.1) is 5.56 Å². The highest BCUT2D eigenvalue weighted by Gasteiger charge is 2.30. The van der Waals surface area contributed by atoms with Crippen LogP contribution in [0.2, 0.25) is 0 Å². The highest BCUT2D eigenvalue weighted by Crippen LogP contribution is 2.37. The van der Waals surface area contributed by atoms with Crippen molar-refractivity contribution in [1.82, 2.24) is 9.88 Å². The van der Waals surface area contributed by atoms with Gasteiger partial charge in [0.1, 0.15) is 33.8 Å². The molecule has 28 heavy (non-hydrogen) atoms. The van der Waals surface area contributed by atoms with Gasteiger partial charge in [-0.3, -0.25) is 9.59 Å². The number of aryl methyl sites for hydroxylation is 1. The van der Waals surface area contributed by atoms with Gasteiger partial charge in [0.25, 0.3) is 0 Å². The summed E-state index contributed by atoms with van der Waals surface area (Å²) in [6.45, 7) is 3.23. The molecule has 0 saturated heterocycles. The van der Waals surface area contributed by atoms with Gasteiger partial charge in [-0.05, 0) is 19.4 Å². The van der Waals surface area contributed by atoms with E-state index in [0.717, 1.165) is 17.3 Å². The Morgan fingerprint density at radius 1 is 1.14 bits per heavy atom. The lowest BCUT2D eigenvalue weighted by molar-refractivity contribution is -0.132. The number of thioether (sulfide) groups is 1. The first-order chi connectivity index (χ1) is 13.2. The maximum atomic E-state index is 12.4. The fourth-order valence-electron chi connectivity index (χ4n) is 2.55. The van der Waals surface area contributed by atoms with E-state index in [4.69, 9.17) is 5.73 Å². The summed E-state index contributed by atoms with van der Waals surface area (Å²) in [6.07, 6.45) is 0. The average Bonchev–Trinajstić information content (AvgIpc) is 2.65. The van der Waals surface area contributed by atoms with Gasteiger partial charge >= 0.3 is 0 Å². The Kier molecular flexibility index (Phi) is 6.40. The molecule has 2 N–H and O–H groups in total. The number of carbonyl (C=O) groups excluding carboxylic acids is 2. The van der Waals surface area contributed by atoms with Crippen LogP contribution in [0.1, 0.15) is 23.6 Å². The number of nitrogen functional groups attached to an aromatic ring is 1. The molecule has 1 aromatic heterocycles. The largest absolute Gasteiger partial charge is 0.383 e. The number of aromatic nitrogens is 1. The van der Waals surface area contributed by atoms with Crippen LogP contribution >= 0.6 is 11.8 Å². The normalized spacial score (nSPS) is 11.2. The number of pyridine rings is 1. The minimum absolute atomic E-state index is 0.0563. The van der Waals surface area contributed by atoms with Crippen molar-refractivity contribution in [1.29, 1.82) is 10.5 Å². The molecule has 1 aromatic carbocycles. The van der Waals surface area contributed by atoms with Crippen LogP contribution in [-0.4, -0.2) is 40.9 Å². The van der Waals surface area contributed by atoms with Crippen LogP contribution in [0.25, 0.3) is 11.1 Å². The van der Waals surface area contributed by atoms with E-state index in [9.17, 15) is 20.1 Å². The van der Waals surface area contributed by atoms with Crippen LogP contribution in [-0.2, 0) is 9.59 Å². The third kappa shape index (κ3) is 4.13. The molecule has 2 rings (SSSR count). The molecule has 0 fully saturated rings. The number of hydrogen-bond donors (Lipinski definition) is 1. The summed E-state index contributed by atoms with van der Waals surface area (Å²) in [4.78, 5) is 29.9. The predicted octanol–water partition coefficient (Wildman–Crippen LogP) is 2.52. The number of ketones is 1. The number of nitrogens with zero attached hydrogens (tertiary/aromatic N) is 4. The lowest BCUT2D eigenvalue weighted by Gasteiger charge is -2.19. The first-order valence-corrected chi connectivity index (χ1v) is 9.18. The van der Waals surface area contributed by atoms with Gasteiger partial charge in [-0.25, -0.2) is 4.98 Å². The standard InChI is InChI=1S/C20H19N5O2S/c1-11-5-7-13(8-6-11)16-14(9-21)18(23)24-19(15(16)10-22)28-17(12(2)26)20(27)25(3)4/h5-8,17H,1-4H3,(H2,23,24). The molecule has 0 aliphatic rings. The van der Waals surface area contributed by atoms with Crippen molar-refractivity contribution in [2.75, 3.05) is 19.8 Å². The molecule has 7 nitrogen and oxygen atoms in total. The van der Waals surface area contributed by atoms with Crippen LogP contribution in [0.15, 0.2) is 29.3 Å². The number of hydrogen-bond acceptors (Lipinski definition) is 7. The number of amides is 1. The summed E-state index contributed by atoms with van der Waals surface area (Å²) in [7, 11) is 3.09. The monoisotopic (exact) mass is 393 g/mol. The average molecular weight is 393 g/mol. The fourth-order valence-corrected chi connectivity index (χ4v) is 3.66. The van der Waals surface area contributed by atoms with E-state index >= 15 is 0 Å². The zero-order valence-electron chi connectivity index (χ0n) is 16.0. The van der Waals surface area contributed by atoms with Crippen molar-refractivity contribution in [2.24, 2.45) is 0 Å². The molecule has 0 spiro atoms. The lowest BCUT2D eigenvalue weighted by atomic mass is 9.96. The van der Waals surface area contributed by atoms with Crippen LogP contribution in [0, 0.1) is 29.6 Å². The number of anilines is 1. The van der Waals surface area contributed by atoms with E-state index in [2.05, 4.69) is 11.1 Å². The Bertz CT molecular complexity index is 1020. The second-order valence-electron chi connectivity index (χ2n) is 6.36. The lowest BCUT2D eigenvalue weighted by Crippen LogP contribution is -2.36. The molecule has 1 heterocycles. The Morgan fingerprint density at radius 2 is 1.71 bits per heavy atom. The molecule has 1 unspecified atom stereocenters. The molecule has 8 heteroatoms. The van der Waals surface area contributed by atoms with Crippen molar-refractivity contribution >= 4 is 29.3 Å². The summed E-state index contributed by atoms with van der Waals surface area (Å²) in [5.74, 6) is -0.837. The minimum atomic E-state index is -1.06. The number of rotatable bonds is 5. The molecular formula is C20H19N5O2S. The molecule has 0 aliphatic carbocycles. The zero-order valence-corrected chi connectivity index (χ0v) is 16.8. The van der Waals surface area contributed by atoms with Crippen LogP contribution in [0.3, 0.4) is 0 Å². The van der Waals surface area contributed by atoms with Crippen molar-refractivity contribution in [3.63, 3.8) is 0 Å². The van der Waals surface area contributed by atoms with Gasteiger partial charge in [0.2, 0.25) is 5.91 Å². The summed E-state index contributed by atoms with van der Waals surface area (Å²) < 4.78 is 0. The summed E-state index contributed by atoms with van der Waals surface area (Å²) in [5.41, 5.74) is 8.17. The van der Waals surface area contributed by atoms with E-state index in [1.807, 2.05) is 25.1 Å². The van der Waals surface area contributed by atoms with Gasteiger partial charge in [0, 0.05) is 19.7 Å². The van der Waals surface area contributed by atoms with Crippen molar-refractivity contribution in [3.05, 3.63) is 41.0 Å². The maximum Gasteiger partial charge on any atom is 0.243 e. The Labute approximate surface area is 167 Å². The smallest absolute Gasteiger partial charge is 0.243 e. The quantitative estimate of drug-likeness (QED) is 0.611. The molecule has 1 amide bonds. The number of nitrogens with two attached hydrogens (primary N) is 1. The summed E-state index contributed by atoms with van der Waals surface area (Å²) >= 11 is 0.866. The van der Waals surface area contributed by atoms with E-state index in [0.29, 0.717) is 11.1 Å². The van der Waals surface area contributed by atoms with Crippen LogP contribution in [0.5, 0.6) is 0 Å². The molecule has 1 atom stereocenters. The Hall–Kier alpha value is -3.36. The van der Waals surface area contributed by atoms with Gasteiger partial charge in [-0.15, -0.1) is 0 Å². The minimum Gasteiger partial charge on any atom is -0.383 e. The number of nitriles is 2. The van der Waals surface area contributed by atoms with Gasteiger partial charge in [-0.1, -0.05) is 41.6 Å². The molecule has 2 aromatic rings. The van der Waals surface area contributed by atoms with E-state index in [-0.39, 0.29) is 27.8 Å². The highest BCUT2D eigenvalue weighted by molar-refractivity contribution is 8.01. The van der Waals surface area contributed by atoms with Crippen molar-refractivity contribution in [2.45, 2.75) is 24.1 Å². The van der Waals surface area contributed by atoms with Gasteiger partial charge in [-0.2, -0.15) is 10.5 Å². The fraction of sp³-hybridized carbons (Fsp3) is 0.250. The van der Waals surface area contributed by atoms with Crippen molar-refractivity contribution in [3.8, 4) is 23.3 Å². The zero-order chi connectivity index (χ0) is 21.0. The number of Topliss-reactive ketones (excluding diaryl/α,β-unsaturated/α-hetero) is 1. The second-order valence-corrected chi connectivity index (χ2v) is 7.45. The van der Waals surface area contributed by atoms with E-state index < -0.39 is 11.2 Å². The maximum absolute atomic E-state index is 12.4. The summed E-state index contributed by atoms with van der Waals surface area (Å²) in [5, 5.41) is 18.4.